The van der Waals surface area contributed by atoms with E-state index in [1.54, 1.807) is 13.0 Å². The number of piperidine rings is 1. The van der Waals surface area contributed by atoms with Crippen LogP contribution in [0, 0.1) is 5.92 Å². The highest BCUT2D eigenvalue weighted by Crippen LogP contribution is 2.48. The fourth-order valence-electron chi connectivity index (χ4n) is 4.84. The molecule has 1 fully saturated rings. The average molecular weight is 687 g/mol. The van der Waals surface area contributed by atoms with E-state index in [4.69, 9.17) is 4.74 Å². The molecule has 0 aliphatic carbocycles. The molecule has 15 heteroatoms. The molecule has 7 nitrogen and oxygen atoms in total. The smallest absolute Gasteiger partial charge is 0.418 e. The van der Waals surface area contributed by atoms with E-state index >= 15 is 0 Å². The minimum atomic E-state index is -5.45. The normalized spacial score (nSPS) is 14.8. The monoisotopic (exact) mass is 686 g/mol. The number of sulfonamides is 1. The molecule has 0 atom stereocenters. The standard InChI is InChI=1S/C31H28F6N2O5S2/c1-2-44-29(41)21-15-17-39(18-16-21)26(40)14-12-20-11-13-25(28(31(35,36)37)27(20)30(32,33)34)45-23-8-6-7-22(19-23)38-46(42,43)24-9-4-3-5-10-24/h3-14,19,21,38H,2,15-18H2,1H3/b14-12+. The minimum Gasteiger partial charge on any atom is -0.466 e. The summed E-state index contributed by atoms with van der Waals surface area (Å²) in [6.45, 7) is 2.11. The first-order chi connectivity index (χ1) is 21.6. The van der Waals surface area contributed by atoms with E-state index in [1.807, 2.05) is 0 Å². The lowest BCUT2D eigenvalue weighted by atomic mass is 9.96. The van der Waals surface area contributed by atoms with E-state index in [-0.39, 0.29) is 48.0 Å². The third-order valence-electron chi connectivity index (χ3n) is 6.97. The number of anilines is 1. The van der Waals surface area contributed by atoms with Crippen LogP contribution in [0.3, 0.4) is 0 Å². The Balaban J connectivity index is 1.61. The second kappa shape index (κ2) is 14.2. The predicted molar refractivity (Wildman–Crippen MR) is 159 cm³/mol. The number of benzene rings is 3. The Morgan fingerprint density at radius 1 is 0.935 bits per heavy atom. The Labute approximate surface area is 265 Å². The third kappa shape index (κ3) is 8.63. The number of esters is 1. The summed E-state index contributed by atoms with van der Waals surface area (Å²) < 4.78 is 118. The highest BCUT2D eigenvalue weighted by molar-refractivity contribution is 7.99. The number of halogens is 6. The number of hydrogen-bond acceptors (Lipinski definition) is 6. The van der Waals surface area contributed by atoms with Gasteiger partial charge in [-0.15, -0.1) is 0 Å². The largest absolute Gasteiger partial charge is 0.466 e. The Bertz CT molecular complexity index is 1700. The quantitative estimate of drug-likeness (QED) is 0.143. The van der Waals surface area contributed by atoms with Gasteiger partial charge in [-0.2, -0.15) is 26.3 Å². The zero-order valence-corrected chi connectivity index (χ0v) is 25.8. The Hall–Kier alpha value is -3.98. The van der Waals surface area contributed by atoms with Crippen molar-refractivity contribution in [2.45, 2.75) is 46.8 Å². The Morgan fingerprint density at radius 3 is 2.20 bits per heavy atom. The molecule has 1 aliphatic rings. The highest BCUT2D eigenvalue weighted by atomic mass is 32.2. The van der Waals surface area contributed by atoms with E-state index in [1.165, 1.54) is 53.4 Å². The molecule has 0 unspecified atom stereocenters. The third-order valence-corrected chi connectivity index (χ3v) is 9.41. The molecule has 1 heterocycles. The molecule has 46 heavy (non-hydrogen) atoms. The van der Waals surface area contributed by atoms with Gasteiger partial charge >= 0.3 is 18.3 Å². The van der Waals surface area contributed by atoms with Crippen LogP contribution in [0.5, 0.6) is 0 Å². The van der Waals surface area contributed by atoms with E-state index in [0.717, 1.165) is 18.2 Å². The van der Waals surface area contributed by atoms with Crippen LogP contribution >= 0.6 is 11.8 Å². The first kappa shape index (κ1) is 34.9. The average Bonchev–Trinajstić information content (AvgIpc) is 2.99. The summed E-state index contributed by atoms with van der Waals surface area (Å²) in [6, 6.07) is 14.2. The van der Waals surface area contributed by atoms with Gasteiger partial charge < -0.3 is 9.64 Å². The fraction of sp³-hybridized carbons (Fsp3) is 0.290. The second-order valence-corrected chi connectivity index (χ2v) is 12.9. The number of carbonyl (C=O) groups is 2. The lowest BCUT2D eigenvalue weighted by molar-refractivity contribution is -0.163. The zero-order valence-electron chi connectivity index (χ0n) is 24.2. The topological polar surface area (TPSA) is 92.8 Å². The van der Waals surface area contributed by atoms with Crippen molar-refractivity contribution in [2.24, 2.45) is 5.92 Å². The SMILES string of the molecule is CCOC(=O)C1CCN(C(=O)/C=C/c2ccc(Sc3cccc(NS(=O)(=O)c4ccccc4)c3)c(C(F)(F)F)c2C(F)(F)F)CC1. The van der Waals surface area contributed by atoms with E-state index < -0.39 is 61.8 Å². The molecular formula is C31H28F6N2O5S2. The fourth-order valence-corrected chi connectivity index (χ4v) is 6.95. The summed E-state index contributed by atoms with van der Waals surface area (Å²) in [7, 11) is -4.04. The number of ether oxygens (including phenoxy) is 1. The summed E-state index contributed by atoms with van der Waals surface area (Å²) in [6.07, 6.45) is -8.84. The van der Waals surface area contributed by atoms with Crippen molar-refractivity contribution in [3.05, 3.63) is 89.5 Å². The molecular weight excluding hydrogens is 658 g/mol. The molecule has 1 N–H and O–H groups in total. The molecule has 0 radical (unpaired) electrons. The van der Waals surface area contributed by atoms with Gasteiger partial charge in [0, 0.05) is 34.6 Å². The summed E-state index contributed by atoms with van der Waals surface area (Å²) in [5, 5.41) is 0. The summed E-state index contributed by atoms with van der Waals surface area (Å²) in [4.78, 5) is 25.1. The lowest BCUT2D eigenvalue weighted by Crippen LogP contribution is -2.39. The molecule has 4 rings (SSSR count). The number of likely N-dealkylation sites (tertiary alicyclic amines) is 1. The maximum absolute atomic E-state index is 14.3. The Morgan fingerprint density at radius 2 is 1.59 bits per heavy atom. The molecule has 3 aromatic carbocycles. The predicted octanol–water partition coefficient (Wildman–Crippen LogP) is 7.49. The van der Waals surface area contributed by atoms with Crippen molar-refractivity contribution >= 4 is 45.4 Å². The highest BCUT2D eigenvalue weighted by Gasteiger charge is 2.46. The van der Waals surface area contributed by atoms with Gasteiger partial charge in [-0.1, -0.05) is 42.1 Å². The van der Waals surface area contributed by atoms with E-state index in [9.17, 15) is 44.3 Å². The minimum absolute atomic E-state index is 0.0113. The van der Waals surface area contributed by atoms with Gasteiger partial charge in [0.25, 0.3) is 10.0 Å². The Kier molecular flexibility index (Phi) is 10.8. The van der Waals surface area contributed by atoms with Crippen molar-refractivity contribution in [1.29, 1.82) is 0 Å². The summed E-state index contributed by atoms with van der Waals surface area (Å²) in [5.41, 5.74) is -4.77. The number of carbonyl (C=O) groups excluding carboxylic acids is 2. The molecule has 3 aromatic rings. The molecule has 0 spiro atoms. The molecule has 0 bridgehead atoms. The molecule has 1 aliphatic heterocycles. The van der Waals surface area contributed by atoms with Crippen molar-refractivity contribution in [3.63, 3.8) is 0 Å². The van der Waals surface area contributed by atoms with E-state index in [2.05, 4.69) is 4.72 Å². The van der Waals surface area contributed by atoms with Gasteiger partial charge in [-0.05, 0) is 67.8 Å². The molecule has 0 aromatic heterocycles. The number of amides is 1. The van der Waals surface area contributed by atoms with Gasteiger partial charge in [0.1, 0.15) is 0 Å². The number of nitrogens with zero attached hydrogens (tertiary/aromatic N) is 1. The number of hydrogen-bond donors (Lipinski definition) is 1. The van der Waals surface area contributed by atoms with Crippen LogP contribution in [-0.4, -0.2) is 44.9 Å². The molecule has 246 valence electrons. The second-order valence-electron chi connectivity index (χ2n) is 10.1. The van der Waals surface area contributed by atoms with Crippen LogP contribution in [0.1, 0.15) is 36.5 Å². The van der Waals surface area contributed by atoms with Gasteiger partial charge in [0.05, 0.1) is 28.5 Å². The van der Waals surface area contributed by atoms with Gasteiger partial charge in [0.15, 0.2) is 0 Å². The van der Waals surface area contributed by atoms with Crippen molar-refractivity contribution < 1.29 is 49.1 Å². The van der Waals surface area contributed by atoms with Crippen LogP contribution in [0.2, 0.25) is 0 Å². The van der Waals surface area contributed by atoms with Gasteiger partial charge in [0.2, 0.25) is 5.91 Å². The molecule has 0 saturated carbocycles. The number of rotatable bonds is 9. The summed E-state index contributed by atoms with van der Waals surface area (Å²) >= 11 is 0.377. The zero-order chi connectivity index (χ0) is 33.7. The van der Waals surface area contributed by atoms with Crippen molar-refractivity contribution in [2.75, 3.05) is 24.4 Å². The van der Waals surface area contributed by atoms with Crippen LogP contribution < -0.4 is 4.72 Å². The summed E-state index contributed by atoms with van der Waals surface area (Å²) in [5.74, 6) is -1.54. The molecule has 1 saturated heterocycles. The van der Waals surface area contributed by atoms with Crippen molar-refractivity contribution in [1.82, 2.24) is 4.90 Å². The van der Waals surface area contributed by atoms with Crippen LogP contribution in [0.25, 0.3) is 6.08 Å². The number of nitrogens with one attached hydrogen (secondary N) is 1. The van der Waals surface area contributed by atoms with Crippen LogP contribution in [-0.2, 0) is 36.7 Å². The van der Waals surface area contributed by atoms with Crippen LogP contribution in [0.15, 0.2) is 87.5 Å². The van der Waals surface area contributed by atoms with Crippen LogP contribution in [0.4, 0.5) is 32.0 Å². The van der Waals surface area contributed by atoms with Gasteiger partial charge in [-0.3, -0.25) is 14.3 Å². The first-order valence-electron chi connectivity index (χ1n) is 13.9. The lowest BCUT2D eigenvalue weighted by Gasteiger charge is -2.30. The van der Waals surface area contributed by atoms with E-state index in [0.29, 0.717) is 17.8 Å². The van der Waals surface area contributed by atoms with Gasteiger partial charge in [-0.25, -0.2) is 8.42 Å². The molecule has 1 amide bonds. The van der Waals surface area contributed by atoms with Crippen molar-refractivity contribution in [3.8, 4) is 0 Å². The maximum Gasteiger partial charge on any atom is 0.418 e. The first-order valence-corrected chi connectivity index (χ1v) is 16.2. The maximum atomic E-state index is 14.3. The number of alkyl halides is 6.